The van der Waals surface area contributed by atoms with Crippen LogP contribution in [0, 0.1) is 10.8 Å². The van der Waals surface area contributed by atoms with E-state index in [4.69, 9.17) is 0 Å². The highest BCUT2D eigenvalue weighted by Gasteiger charge is 2.65. The molecule has 0 unspecified atom stereocenters. The van der Waals surface area contributed by atoms with Gasteiger partial charge in [-0.2, -0.15) is 0 Å². The second kappa shape index (κ2) is 6.76. The molecular weight excluding hydrogens is 352 g/mol. The maximum Gasteiger partial charge on any atom is 0.179 e. The summed E-state index contributed by atoms with van der Waals surface area (Å²) < 4.78 is 0. The zero-order chi connectivity index (χ0) is 19.9. The molecule has 2 aromatic carbocycles. The Hall–Kier alpha value is -2.63. The molecule has 0 N–H and O–H groups in total. The number of carbonyl (C=O) groups is 3. The lowest BCUT2D eigenvalue weighted by atomic mass is 9.58. The van der Waals surface area contributed by atoms with Gasteiger partial charge in [0.25, 0.3) is 0 Å². The minimum Gasteiger partial charge on any atom is -0.303 e. The van der Waals surface area contributed by atoms with Gasteiger partial charge < -0.3 is 9.80 Å². The fourth-order valence-corrected chi connectivity index (χ4v) is 5.03. The molecule has 5 heteroatoms. The van der Waals surface area contributed by atoms with Crippen LogP contribution in [0.3, 0.4) is 0 Å². The predicted octanol–water partition coefficient (Wildman–Crippen LogP) is 2.18. The monoisotopic (exact) mass is 376 g/mol. The summed E-state index contributed by atoms with van der Waals surface area (Å²) >= 11 is 0. The van der Waals surface area contributed by atoms with Crippen LogP contribution in [-0.2, 0) is 4.79 Å². The van der Waals surface area contributed by atoms with E-state index in [2.05, 4.69) is 0 Å². The number of nitrogens with zero attached hydrogens (tertiary/aromatic N) is 2. The van der Waals surface area contributed by atoms with Crippen LogP contribution in [-0.4, -0.2) is 67.4 Å². The van der Waals surface area contributed by atoms with Crippen molar-refractivity contribution in [1.29, 1.82) is 0 Å². The first-order valence-electron chi connectivity index (χ1n) is 9.51. The Kier molecular flexibility index (Phi) is 4.52. The minimum absolute atomic E-state index is 0.193. The number of hydrogen-bond acceptors (Lipinski definition) is 5. The van der Waals surface area contributed by atoms with Crippen LogP contribution in [0.1, 0.15) is 20.7 Å². The molecule has 2 aliphatic rings. The Morgan fingerprint density at radius 1 is 0.679 bits per heavy atom. The molecule has 5 nitrogen and oxygen atoms in total. The zero-order valence-electron chi connectivity index (χ0n) is 16.2. The van der Waals surface area contributed by atoms with E-state index in [0.29, 0.717) is 37.3 Å². The van der Waals surface area contributed by atoms with Gasteiger partial charge in [-0.1, -0.05) is 60.7 Å². The first kappa shape index (κ1) is 18.7. The van der Waals surface area contributed by atoms with Crippen LogP contribution < -0.4 is 0 Å². The number of likely N-dealkylation sites (tertiary alicyclic amines) is 2. The van der Waals surface area contributed by atoms with Gasteiger partial charge in [-0.25, -0.2) is 0 Å². The molecule has 144 valence electrons. The smallest absolute Gasteiger partial charge is 0.179 e. The van der Waals surface area contributed by atoms with Crippen molar-refractivity contribution in [3.8, 4) is 0 Å². The predicted molar refractivity (Wildman–Crippen MR) is 106 cm³/mol. The minimum atomic E-state index is -1.23. The number of piperidine rings is 2. The third-order valence-corrected chi connectivity index (χ3v) is 5.97. The first-order chi connectivity index (χ1) is 13.4. The van der Waals surface area contributed by atoms with Crippen molar-refractivity contribution in [3.05, 3.63) is 71.8 Å². The summed E-state index contributed by atoms with van der Waals surface area (Å²) in [6.45, 7) is 1.31. The van der Waals surface area contributed by atoms with Gasteiger partial charge in [0, 0.05) is 37.3 Å². The standard InChI is InChI=1S/C23H24N2O3/c1-24-13-22(19(26)17-9-5-3-6-10-17)15-25(2)16-23(14-24,21(22)28)20(27)18-11-7-4-8-12-18/h3-12H,13-16H2,1-2H3. The molecule has 0 aliphatic carbocycles. The van der Waals surface area contributed by atoms with Crippen LogP contribution in [0.4, 0.5) is 0 Å². The second-order valence-electron chi connectivity index (χ2n) is 8.23. The van der Waals surface area contributed by atoms with E-state index in [1.807, 2.05) is 36.0 Å². The molecule has 2 saturated heterocycles. The van der Waals surface area contributed by atoms with Gasteiger partial charge in [-0.15, -0.1) is 0 Å². The molecule has 2 heterocycles. The van der Waals surface area contributed by atoms with Gasteiger partial charge in [0.05, 0.1) is 0 Å². The summed E-state index contributed by atoms with van der Waals surface area (Å²) in [7, 11) is 3.77. The van der Waals surface area contributed by atoms with Crippen molar-refractivity contribution in [3.63, 3.8) is 0 Å². The summed E-state index contributed by atoms with van der Waals surface area (Å²) in [5.41, 5.74) is -1.43. The van der Waals surface area contributed by atoms with Crippen molar-refractivity contribution < 1.29 is 14.4 Å². The van der Waals surface area contributed by atoms with Crippen LogP contribution in [0.25, 0.3) is 0 Å². The van der Waals surface area contributed by atoms with Crippen molar-refractivity contribution in [1.82, 2.24) is 9.80 Å². The normalized spacial score (nSPS) is 28.1. The molecule has 0 atom stereocenters. The maximum absolute atomic E-state index is 13.9. The molecule has 0 aromatic heterocycles. The van der Waals surface area contributed by atoms with Gasteiger partial charge in [-0.3, -0.25) is 14.4 Å². The van der Waals surface area contributed by atoms with Crippen LogP contribution in [0.2, 0.25) is 0 Å². The summed E-state index contributed by atoms with van der Waals surface area (Å²) in [4.78, 5) is 44.9. The molecule has 0 amide bonds. The summed E-state index contributed by atoms with van der Waals surface area (Å²) in [5, 5.41) is 0. The average Bonchev–Trinajstić information content (AvgIpc) is 2.70. The van der Waals surface area contributed by atoms with Gasteiger partial charge in [-0.05, 0) is 14.1 Å². The van der Waals surface area contributed by atoms with Gasteiger partial charge in [0.15, 0.2) is 17.3 Å². The first-order valence-corrected chi connectivity index (χ1v) is 9.51. The summed E-state index contributed by atoms with van der Waals surface area (Å²) in [5.74, 6) is -0.609. The molecule has 2 aliphatic heterocycles. The zero-order valence-corrected chi connectivity index (χ0v) is 16.2. The highest BCUT2D eigenvalue weighted by molar-refractivity contribution is 6.25. The Balaban J connectivity index is 1.84. The SMILES string of the molecule is CN1CC2(C(=O)c3ccccc3)CN(C)CC(C(=O)c3ccccc3)(C1)C2=O. The molecule has 0 radical (unpaired) electrons. The fraction of sp³-hybridized carbons (Fsp3) is 0.348. The number of rotatable bonds is 4. The molecule has 2 fully saturated rings. The summed E-state index contributed by atoms with van der Waals surface area (Å²) in [6.07, 6.45) is 0. The molecular formula is C23H24N2O3. The maximum atomic E-state index is 13.9. The lowest BCUT2D eigenvalue weighted by Gasteiger charge is -2.54. The largest absolute Gasteiger partial charge is 0.303 e. The number of hydrogen-bond donors (Lipinski definition) is 0. The van der Waals surface area contributed by atoms with E-state index in [1.54, 1.807) is 48.5 Å². The Labute approximate surface area is 164 Å². The second-order valence-corrected chi connectivity index (χ2v) is 8.23. The van der Waals surface area contributed by atoms with Crippen LogP contribution in [0.15, 0.2) is 60.7 Å². The van der Waals surface area contributed by atoms with Gasteiger partial charge >= 0.3 is 0 Å². The highest BCUT2D eigenvalue weighted by Crippen LogP contribution is 2.45. The van der Waals surface area contributed by atoms with Crippen molar-refractivity contribution >= 4 is 17.3 Å². The Bertz CT molecular complexity index is 836. The van der Waals surface area contributed by atoms with Gasteiger partial charge in [0.2, 0.25) is 0 Å². The van der Waals surface area contributed by atoms with E-state index in [1.165, 1.54) is 0 Å². The van der Waals surface area contributed by atoms with Crippen LogP contribution >= 0.6 is 0 Å². The third kappa shape index (κ3) is 2.74. The van der Waals surface area contributed by atoms with E-state index in [9.17, 15) is 14.4 Å². The number of Topliss-reactive ketones (excluding diaryl/α,β-unsaturated/α-hetero) is 3. The average molecular weight is 376 g/mol. The quantitative estimate of drug-likeness (QED) is 0.605. The third-order valence-electron chi connectivity index (χ3n) is 5.97. The summed E-state index contributed by atoms with van der Waals surface area (Å²) in [6, 6.07) is 17.9. The molecule has 2 aromatic rings. The number of ketones is 3. The van der Waals surface area contributed by atoms with E-state index in [0.717, 1.165) is 0 Å². The fourth-order valence-electron chi connectivity index (χ4n) is 5.03. The van der Waals surface area contributed by atoms with Crippen molar-refractivity contribution in [2.45, 2.75) is 0 Å². The van der Waals surface area contributed by atoms with Crippen LogP contribution in [0.5, 0.6) is 0 Å². The van der Waals surface area contributed by atoms with E-state index >= 15 is 0 Å². The molecule has 28 heavy (non-hydrogen) atoms. The van der Waals surface area contributed by atoms with E-state index < -0.39 is 10.8 Å². The topological polar surface area (TPSA) is 57.7 Å². The number of carbonyl (C=O) groups excluding carboxylic acids is 3. The van der Waals surface area contributed by atoms with E-state index in [-0.39, 0.29) is 17.3 Å². The number of benzene rings is 2. The lowest BCUT2D eigenvalue weighted by molar-refractivity contribution is -0.148. The van der Waals surface area contributed by atoms with Gasteiger partial charge in [0.1, 0.15) is 10.8 Å². The molecule has 0 saturated carbocycles. The number of fused-ring (bicyclic) bond motifs is 2. The highest BCUT2D eigenvalue weighted by atomic mass is 16.2. The Morgan fingerprint density at radius 3 is 1.32 bits per heavy atom. The molecule has 4 rings (SSSR count). The Morgan fingerprint density at radius 2 is 1.00 bits per heavy atom. The van der Waals surface area contributed by atoms with Crippen molar-refractivity contribution in [2.75, 3.05) is 40.3 Å². The molecule has 2 bridgehead atoms. The lowest BCUT2D eigenvalue weighted by Crippen LogP contribution is -2.73. The van der Waals surface area contributed by atoms with Crippen molar-refractivity contribution in [2.24, 2.45) is 10.8 Å². The molecule has 0 spiro atoms.